The fraction of sp³-hybridized carbons (Fsp3) is 0.231. The van der Waals surface area contributed by atoms with E-state index in [1.54, 1.807) is 30.3 Å². The van der Waals surface area contributed by atoms with Crippen molar-refractivity contribution in [1.29, 1.82) is 0 Å². The number of rotatable bonds is 7. The summed E-state index contributed by atoms with van der Waals surface area (Å²) in [7, 11) is -3.74. The van der Waals surface area contributed by atoms with E-state index >= 15 is 0 Å². The number of benzene rings is 3. The number of carbonyl (C=O) groups is 1. The lowest BCUT2D eigenvalue weighted by molar-refractivity contribution is 0.0977. The van der Waals surface area contributed by atoms with Crippen LogP contribution in [0.15, 0.2) is 71.6 Å². The number of carbonyl (C=O) groups excluding carboxylic acids is 1. The lowest BCUT2D eigenvalue weighted by Gasteiger charge is -2.13. The number of sulfonamides is 1. The van der Waals surface area contributed by atoms with Crippen LogP contribution in [0.5, 0.6) is 0 Å². The topological polar surface area (TPSA) is 87.3 Å². The Morgan fingerprint density at radius 1 is 0.941 bits per heavy atom. The zero-order valence-corrected chi connectivity index (χ0v) is 21.3. The molecular formula is C26H29N3O3S2. The van der Waals surface area contributed by atoms with Crippen LogP contribution in [0.3, 0.4) is 0 Å². The van der Waals surface area contributed by atoms with Gasteiger partial charge < -0.3 is 5.32 Å². The fourth-order valence-electron chi connectivity index (χ4n) is 3.45. The SMILES string of the molecule is Cc1ccc(NS(=O)(=O)c2ccc(NC(=S)NC(=O)c3ccc(CC(C)C)cc3)cc2)c(C)c1. The molecule has 0 aliphatic heterocycles. The smallest absolute Gasteiger partial charge is 0.261 e. The van der Waals surface area contributed by atoms with Crippen LogP contribution >= 0.6 is 12.2 Å². The summed E-state index contributed by atoms with van der Waals surface area (Å²) in [5.74, 6) is 0.228. The molecule has 0 aliphatic carbocycles. The van der Waals surface area contributed by atoms with Gasteiger partial charge in [0.15, 0.2) is 5.11 Å². The maximum absolute atomic E-state index is 12.7. The third-order valence-electron chi connectivity index (χ3n) is 5.14. The molecular weight excluding hydrogens is 466 g/mol. The van der Waals surface area contributed by atoms with Crippen LogP contribution in [-0.4, -0.2) is 19.4 Å². The zero-order valence-electron chi connectivity index (χ0n) is 19.7. The van der Waals surface area contributed by atoms with Crippen molar-refractivity contribution in [3.63, 3.8) is 0 Å². The van der Waals surface area contributed by atoms with Crippen LogP contribution in [-0.2, 0) is 16.4 Å². The minimum Gasteiger partial charge on any atom is -0.332 e. The molecule has 0 aromatic heterocycles. The molecule has 0 fully saturated rings. The minimum absolute atomic E-state index is 0.120. The molecule has 34 heavy (non-hydrogen) atoms. The van der Waals surface area contributed by atoms with Gasteiger partial charge in [0, 0.05) is 11.3 Å². The van der Waals surface area contributed by atoms with E-state index in [9.17, 15) is 13.2 Å². The standard InChI is InChI=1S/C26H29N3O3S2/c1-17(2)15-20-6-8-21(9-7-20)25(30)28-26(33)27-22-10-12-23(13-11-22)34(31,32)29-24-14-5-18(3)16-19(24)4/h5-14,16-17,29H,15H2,1-4H3,(H2,27,28,30,33). The Hall–Kier alpha value is -3.23. The lowest BCUT2D eigenvalue weighted by Crippen LogP contribution is -2.34. The molecule has 0 saturated heterocycles. The molecule has 8 heteroatoms. The highest BCUT2D eigenvalue weighted by Crippen LogP contribution is 2.22. The number of hydrogen-bond donors (Lipinski definition) is 3. The first kappa shape index (κ1) is 25.4. The highest BCUT2D eigenvalue weighted by atomic mass is 32.2. The van der Waals surface area contributed by atoms with Gasteiger partial charge in [-0.1, -0.05) is 43.7 Å². The van der Waals surface area contributed by atoms with E-state index < -0.39 is 10.0 Å². The van der Waals surface area contributed by atoms with Crippen molar-refractivity contribution in [3.8, 4) is 0 Å². The first-order valence-corrected chi connectivity index (χ1v) is 12.8. The molecule has 6 nitrogen and oxygen atoms in total. The molecule has 3 rings (SSSR count). The summed E-state index contributed by atoms with van der Waals surface area (Å²) in [6.07, 6.45) is 0.952. The van der Waals surface area contributed by atoms with Crippen molar-refractivity contribution >= 4 is 44.6 Å². The number of amides is 1. The third-order valence-corrected chi connectivity index (χ3v) is 6.72. The second-order valence-electron chi connectivity index (χ2n) is 8.65. The van der Waals surface area contributed by atoms with Crippen LogP contribution < -0.4 is 15.4 Å². The molecule has 178 valence electrons. The second-order valence-corrected chi connectivity index (χ2v) is 10.7. The van der Waals surface area contributed by atoms with Gasteiger partial charge >= 0.3 is 0 Å². The number of anilines is 2. The van der Waals surface area contributed by atoms with Gasteiger partial charge in [0.1, 0.15) is 0 Å². The summed E-state index contributed by atoms with van der Waals surface area (Å²) in [5, 5.41) is 5.68. The molecule has 0 unspecified atom stereocenters. The molecule has 1 amide bonds. The Balaban J connectivity index is 1.60. The number of nitrogens with one attached hydrogen (secondary N) is 3. The molecule has 3 N–H and O–H groups in total. The first-order chi connectivity index (χ1) is 16.0. The van der Waals surface area contributed by atoms with Gasteiger partial charge in [0.25, 0.3) is 15.9 Å². The molecule has 0 spiro atoms. The Kier molecular flexibility index (Phi) is 8.06. The first-order valence-electron chi connectivity index (χ1n) is 10.9. The molecule has 0 atom stereocenters. The van der Waals surface area contributed by atoms with Gasteiger partial charge in [-0.2, -0.15) is 0 Å². The highest BCUT2D eigenvalue weighted by molar-refractivity contribution is 7.92. The molecule has 0 aliphatic rings. The minimum atomic E-state index is -3.74. The summed E-state index contributed by atoms with van der Waals surface area (Å²) in [5.41, 5.74) is 4.68. The predicted octanol–water partition coefficient (Wildman–Crippen LogP) is 5.43. The van der Waals surface area contributed by atoms with Crippen molar-refractivity contribution in [2.45, 2.75) is 39.0 Å². The summed E-state index contributed by atoms with van der Waals surface area (Å²) in [4.78, 5) is 12.6. The van der Waals surface area contributed by atoms with E-state index in [0.29, 0.717) is 22.9 Å². The number of thiocarbonyl (C=S) groups is 1. The van der Waals surface area contributed by atoms with Crippen LogP contribution in [0.2, 0.25) is 0 Å². The quantitative estimate of drug-likeness (QED) is 0.381. The maximum Gasteiger partial charge on any atom is 0.261 e. The van der Waals surface area contributed by atoms with E-state index in [4.69, 9.17) is 12.2 Å². The van der Waals surface area contributed by atoms with E-state index in [0.717, 1.165) is 17.5 Å². The molecule has 3 aromatic carbocycles. The molecule has 3 aromatic rings. The van der Waals surface area contributed by atoms with Gasteiger partial charge in [-0.05, 0) is 92.0 Å². The largest absolute Gasteiger partial charge is 0.332 e. The Morgan fingerprint density at radius 3 is 2.18 bits per heavy atom. The van der Waals surface area contributed by atoms with Crippen LogP contribution in [0.25, 0.3) is 0 Å². The van der Waals surface area contributed by atoms with Crippen molar-refractivity contribution in [1.82, 2.24) is 5.32 Å². The van der Waals surface area contributed by atoms with E-state index in [1.807, 2.05) is 38.1 Å². The molecule has 0 saturated carbocycles. The monoisotopic (exact) mass is 495 g/mol. The Bertz CT molecular complexity index is 1280. The average molecular weight is 496 g/mol. The van der Waals surface area contributed by atoms with Crippen LogP contribution in [0, 0.1) is 19.8 Å². The summed E-state index contributed by atoms with van der Waals surface area (Å²) >= 11 is 5.24. The molecule has 0 heterocycles. The van der Waals surface area contributed by atoms with Crippen molar-refractivity contribution in [2.75, 3.05) is 10.0 Å². The van der Waals surface area contributed by atoms with Crippen molar-refractivity contribution in [2.24, 2.45) is 5.92 Å². The summed E-state index contributed by atoms with van der Waals surface area (Å²) in [6.45, 7) is 8.10. The summed E-state index contributed by atoms with van der Waals surface area (Å²) in [6, 6.07) is 19.1. The predicted molar refractivity (Wildman–Crippen MR) is 142 cm³/mol. The maximum atomic E-state index is 12.7. The Morgan fingerprint density at radius 2 is 1.59 bits per heavy atom. The van der Waals surface area contributed by atoms with Gasteiger partial charge in [0.2, 0.25) is 0 Å². The van der Waals surface area contributed by atoms with Gasteiger partial charge in [-0.3, -0.25) is 14.8 Å². The van der Waals surface area contributed by atoms with Crippen LogP contribution in [0.4, 0.5) is 11.4 Å². The van der Waals surface area contributed by atoms with Crippen molar-refractivity contribution < 1.29 is 13.2 Å². The zero-order chi connectivity index (χ0) is 24.9. The Labute approximate surface area is 206 Å². The van der Waals surface area contributed by atoms with Gasteiger partial charge in [0.05, 0.1) is 10.6 Å². The van der Waals surface area contributed by atoms with E-state index in [-0.39, 0.29) is 15.9 Å². The van der Waals surface area contributed by atoms with Gasteiger partial charge in [-0.25, -0.2) is 8.42 Å². The van der Waals surface area contributed by atoms with E-state index in [1.165, 1.54) is 17.7 Å². The summed E-state index contributed by atoms with van der Waals surface area (Å²) < 4.78 is 28.1. The van der Waals surface area contributed by atoms with Gasteiger partial charge in [-0.15, -0.1) is 0 Å². The average Bonchev–Trinajstić information content (AvgIpc) is 2.76. The number of hydrogen-bond acceptors (Lipinski definition) is 4. The normalized spacial score (nSPS) is 11.2. The van der Waals surface area contributed by atoms with E-state index in [2.05, 4.69) is 29.2 Å². The second kappa shape index (κ2) is 10.8. The van der Waals surface area contributed by atoms with Crippen LogP contribution in [0.1, 0.15) is 40.9 Å². The highest BCUT2D eigenvalue weighted by Gasteiger charge is 2.16. The molecule has 0 radical (unpaired) electrons. The van der Waals surface area contributed by atoms with Crippen molar-refractivity contribution in [3.05, 3.63) is 89.0 Å². The molecule has 0 bridgehead atoms. The number of aryl methyl sites for hydroxylation is 2. The fourth-order valence-corrected chi connectivity index (χ4v) is 4.79. The lowest BCUT2D eigenvalue weighted by atomic mass is 10.0. The third kappa shape index (κ3) is 6.88.